The van der Waals surface area contributed by atoms with E-state index in [1.54, 1.807) is 41.5 Å². The number of amides is 8. The van der Waals surface area contributed by atoms with Gasteiger partial charge in [-0.05, 0) is 88.5 Å². The Morgan fingerprint density at radius 3 is 0.808 bits per heavy atom. The molecule has 18 heteroatoms. The van der Waals surface area contributed by atoms with E-state index >= 15 is 0 Å². The lowest BCUT2D eigenvalue weighted by molar-refractivity contribution is -0.133. The normalized spacial score (nSPS) is 13.7. The predicted molar refractivity (Wildman–Crippen MR) is 300 cm³/mol. The topological polar surface area (TPSA) is 251 Å². The van der Waals surface area contributed by atoms with Crippen LogP contribution in [0.25, 0.3) is 0 Å². The molecule has 4 rings (SSSR count). The van der Waals surface area contributed by atoms with E-state index in [9.17, 15) is 38.4 Å². The van der Waals surface area contributed by atoms with Crippen LogP contribution in [-0.2, 0) is 63.9 Å². The second-order valence-corrected chi connectivity index (χ2v) is 22.2. The molecule has 8 N–H and O–H groups in total. The summed E-state index contributed by atoms with van der Waals surface area (Å²) in [4.78, 5) is 111. The van der Waals surface area contributed by atoms with Crippen molar-refractivity contribution in [2.24, 2.45) is 11.8 Å². The standard InChI is InChI=1S/C60H82N8O10/c1-39(2)33-45(67-57(75)77-59(5,6)7)53(71)65-49(37-43-27-19-13-20-28-43)55(73)63-47(35-41-23-15-11-16-24-41)51(69)61-31-32-62-52(70)48(36-42-25-17-12-18-26-42)64-56(74)50(38-44-29-21-14-22-30-44)66-54(72)46(34-40(3)4)68-58(76)78-60(8,9)10/h11-30,39-40,45-50H,31-38H2,1-10H3,(H,61,69)(H,62,70)(H,63,73)(H,64,74)(H,65,71)(H,66,72)(H,67,75)(H,68,76)/t45-,46-,47-,48-,49-,50-/m0/s1. The van der Waals surface area contributed by atoms with Gasteiger partial charge < -0.3 is 52.0 Å². The lowest BCUT2D eigenvalue weighted by atomic mass is 10.00. The third-order valence-electron chi connectivity index (χ3n) is 11.8. The van der Waals surface area contributed by atoms with E-state index in [0.717, 1.165) is 22.3 Å². The fourth-order valence-electron chi connectivity index (χ4n) is 8.25. The lowest BCUT2D eigenvalue weighted by Crippen LogP contribution is -2.58. The number of ether oxygens (including phenoxy) is 2. The molecule has 0 heterocycles. The van der Waals surface area contributed by atoms with E-state index in [-0.39, 0.29) is 63.5 Å². The Morgan fingerprint density at radius 2 is 0.577 bits per heavy atom. The third kappa shape index (κ3) is 24.1. The molecule has 0 bridgehead atoms. The van der Waals surface area contributed by atoms with Crippen molar-refractivity contribution in [3.05, 3.63) is 144 Å². The summed E-state index contributed by atoms with van der Waals surface area (Å²) >= 11 is 0. The van der Waals surface area contributed by atoms with Crippen LogP contribution in [0.3, 0.4) is 0 Å². The van der Waals surface area contributed by atoms with Crippen molar-refractivity contribution in [3.63, 3.8) is 0 Å². The SMILES string of the molecule is CC(C)C[C@H](NC(=O)OC(C)(C)C)C(=O)N[C@@H](Cc1ccccc1)C(=O)N[C@@H](Cc1ccccc1)C(=O)NCCNC(=O)[C@H](Cc1ccccc1)NC(=O)[C@H](Cc1ccccc1)NC(=O)[C@H](CC(C)C)NC(=O)OC(C)(C)C. The first-order chi connectivity index (χ1) is 36.8. The maximum atomic E-state index is 14.4. The first-order valence-corrected chi connectivity index (χ1v) is 26.8. The van der Waals surface area contributed by atoms with Crippen molar-refractivity contribution in [2.75, 3.05) is 13.1 Å². The van der Waals surface area contributed by atoms with E-state index < -0.39 is 95.1 Å². The number of rotatable bonds is 27. The second kappa shape index (κ2) is 30.8. The highest BCUT2D eigenvalue weighted by atomic mass is 16.6. The van der Waals surface area contributed by atoms with Crippen LogP contribution in [0.4, 0.5) is 9.59 Å². The predicted octanol–water partition coefficient (Wildman–Crippen LogP) is 6.01. The summed E-state index contributed by atoms with van der Waals surface area (Å²) in [6, 6.07) is 29.6. The Kier molecular flexibility index (Phi) is 24.8. The van der Waals surface area contributed by atoms with Gasteiger partial charge in [0.1, 0.15) is 47.5 Å². The number of alkyl carbamates (subject to hydrolysis) is 2. The van der Waals surface area contributed by atoms with Crippen LogP contribution >= 0.6 is 0 Å². The highest BCUT2D eigenvalue weighted by Gasteiger charge is 2.34. The fourth-order valence-corrected chi connectivity index (χ4v) is 8.25. The van der Waals surface area contributed by atoms with Gasteiger partial charge in [-0.25, -0.2) is 9.59 Å². The van der Waals surface area contributed by atoms with Gasteiger partial charge in [0.05, 0.1) is 0 Å². The lowest BCUT2D eigenvalue weighted by Gasteiger charge is -2.27. The van der Waals surface area contributed by atoms with Gasteiger partial charge in [0.25, 0.3) is 0 Å². The molecular formula is C60H82N8O10. The molecule has 6 atom stereocenters. The fraction of sp³-hybridized carbons (Fsp3) is 0.467. The van der Waals surface area contributed by atoms with Crippen molar-refractivity contribution < 1.29 is 47.8 Å². The van der Waals surface area contributed by atoms with Crippen LogP contribution in [0, 0.1) is 11.8 Å². The van der Waals surface area contributed by atoms with Crippen LogP contribution in [0.5, 0.6) is 0 Å². The molecule has 0 radical (unpaired) electrons. The highest BCUT2D eigenvalue weighted by molar-refractivity contribution is 5.95. The highest BCUT2D eigenvalue weighted by Crippen LogP contribution is 2.15. The number of carbonyl (C=O) groups excluding carboxylic acids is 8. The average Bonchev–Trinajstić information content (AvgIpc) is 3.36. The van der Waals surface area contributed by atoms with Crippen molar-refractivity contribution >= 4 is 47.6 Å². The maximum absolute atomic E-state index is 14.4. The third-order valence-corrected chi connectivity index (χ3v) is 11.8. The summed E-state index contributed by atoms with van der Waals surface area (Å²) in [7, 11) is 0. The van der Waals surface area contributed by atoms with E-state index in [2.05, 4.69) is 42.5 Å². The maximum Gasteiger partial charge on any atom is 0.408 e. The number of nitrogens with one attached hydrogen (secondary N) is 8. The van der Waals surface area contributed by atoms with Crippen molar-refractivity contribution in [3.8, 4) is 0 Å². The summed E-state index contributed by atoms with van der Waals surface area (Å²) in [5.41, 5.74) is 1.31. The summed E-state index contributed by atoms with van der Waals surface area (Å²) in [6.07, 6.45) is -0.776. The molecule has 8 amide bonds. The summed E-state index contributed by atoms with van der Waals surface area (Å²) in [5, 5.41) is 22.4. The molecule has 0 aromatic heterocycles. The molecule has 0 saturated heterocycles. The molecule has 0 spiro atoms. The van der Waals surface area contributed by atoms with Crippen LogP contribution in [0.2, 0.25) is 0 Å². The molecule has 78 heavy (non-hydrogen) atoms. The average molecular weight is 1080 g/mol. The van der Waals surface area contributed by atoms with Crippen LogP contribution in [0.15, 0.2) is 121 Å². The van der Waals surface area contributed by atoms with Gasteiger partial charge in [0.2, 0.25) is 35.4 Å². The molecule has 0 aliphatic heterocycles. The van der Waals surface area contributed by atoms with Gasteiger partial charge in [-0.15, -0.1) is 0 Å². The van der Waals surface area contributed by atoms with Gasteiger partial charge in [-0.3, -0.25) is 28.8 Å². The van der Waals surface area contributed by atoms with E-state index in [4.69, 9.17) is 9.47 Å². The van der Waals surface area contributed by atoms with Crippen molar-refractivity contribution in [1.29, 1.82) is 0 Å². The molecule has 4 aromatic carbocycles. The largest absolute Gasteiger partial charge is 0.444 e. The number of benzene rings is 4. The number of hydrogen-bond donors (Lipinski definition) is 8. The van der Waals surface area contributed by atoms with Crippen molar-refractivity contribution in [2.45, 2.75) is 155 Å². The Morgan fingerprint density at radius 1 is 0.346 bits per heavy atom. The minimum absolute atomic E-state index is 0.0175. The Labute approximate surface area is 460 Å². The number of carbonyl (C=O) groups is 8. The first kappa shape index (κ1) is 62.8. The Hall–Kier alpha value is -7.76. The van der Waals surface area contributed by atoms with E-state index in [1.165, 1.54) is 0 Å². The molecule has 422 valence electrons. The molecule has 0 aliphatic carbocycles. The first-order valence-electron chi connectivity index (χ1n) is 26.8. The molecule has 0 unspecified atom stereocenters. The van der Waals surface area contributed by atoms with E-state index in [1.807, 2.05) is 149 Å². The quantitative estimate of drug-likeness (QED) is 0.0323. The zero-order valence-corrected chi connectivity index (χ0v) is 46.9. The molecule has 0 fully saturated rings. The molecule has 0 aliphatic rings. The Balaban J connectivity index is 1.53. The monoisotopic (exact) mass is 1070 g/mol. The molecule has 4 aromatic rings. The smallest absolute Gasteiger partial charge is 0.408 e. The summed E-state index contributed by atoms with van der Waals surface area (Å²) < 4.78 is 10.9. The minimum atomic E-state index is -1.17. The zero-order chi connectivity index (χ0) is 57.4. The zero-order valence-electron chi connectivity index (χ0n) is 46.9. The second-order valence-electron chi connectivity index (χ2n) is 22.2. The molecule has 0 saturated carbocycles. The molecule has 18 nitrogen and oxygen atoms in total. The van der Waals surface area contributed by atoms with Crippen LogP contribution in [0.1, 0.15) is 104 Å². The van der Waals surface area contributed by atoms with Gasteiger partial charge in [0, 0.05) is 38.8 Å². The van der Waals surface area contributed by atoms with Gasteiger partial charge >= 0.3 is 12.2 Å². The van der Waals surface area contributed by atoms with Crippen LogP contribution < -0.4 is 42.5 Å². The van der Waals surface area contributed by atoms with Gasteiger partial charge in [0.15, 0.2) is 0 Å². The summed E-state index contributed by atoms with van der Waals surface area (Å²) in [6.45, 7) is 17.7. The van der Waals surface area contributed by atoms with E-state index in [0.29, 0.717) is 0 Å². The molecular weight excluding hydrogens is 993 g/mol. The minimum Gasteiger partial charge on any atom is -0.444 e. The van der Waals surface area contributed by atoms with Crippen molar-refractivity contribution in [1.82, 2.24) is 42.5 Å². The van der Waals surface area contributed by atoms with Gasteiger partial charge in [-0.1, -0.05) is 149 Å². The van der Waals surface area contributed by atoms with Gasteiger partial charge in [-0.2, -0.15) is 0 Å². The van der Waals surface area contributed by atoms with Crippen LogP contribution in [-0.4, -0.2) is 108 Å². The Bertz CT molecular complexity index is 2380. The summed E-state index contributed by atoms with van der Waals surface area (Å²) in [5.74, 6) is -3.67. The number of hydrogen-bond acceptors (Lipinski definition) is 10.